The van der Waals surface area contributed by atoms with Gasteiger partial charge in [0.05, 0.1) is 10.2 Å². The SMILES string of the molecule is CCCC(C)(C)Nc1ncnc2ccsc12. The van der Waals surface area contributed by atoms with Crippen LogP contribution in [0.2, 0.25) is 0 Å². The molecule has 0 fully saturated rings. The highest BCUT2D eigenvalue weighted by atomic mass is 32.1. The minimum absolute atomic E-state index is 0.0834. The maximum Gasteiger partial charge on any atom is 0.147 e. The Hall–Kier alpha value is -1.16. The highest BCUT2D eigenvalue weighted by Crippen LogP contribution is 2.28. The van der Waals surface area contributed by atoms with E-state index in [0.717, 1.165) is 22.5 Å². The van der Waals surface area contributed by atoms with Gasteiger partial charge >= 0.3 is 0 Å². The second-order valence-electron chi connectivity index (χ2n) is 4.62. The third-order valence-electron chi connectivity index (χ3n) is 2.57. The smallest absolute Gasteiger partial charge is 0.147 e. The van der Waals surface area contributed by atoms with Crippen molar-refractivity contribution in [2.45, 2.75) is 39.2 Å². The van der Waals surface area contributed by atoms with Crippen LogP contribution in [0.15, 0.2) is 17.8 Å². The number of hydrogen-bond donors (Lipinski definition) is 1. The van der Waals surface area contributed by atoms with E-state index in [9.17, 15) is 0 Å². The summed E-state index contributed by atoms with van der Waals surface area (Å²) in [6.07, 6.45) is 3.92. The Labute approximate surface area is 99.9 Å². The highest BCUT2D eigenvalue weighted by Gasteiger charge is 2.18. The Bertz CT molecular complexity index is 476. The number of nitrogens with zero attached hydrogens (tertiary/aromatic N) is 2. The normalized spacial score (nSPS) is 11.9. The van der Waals surface area contributed by atoms with Crippen molar-refractivity contribution in [3.8, 4) is 0 Å². The van der Waals surface area contributed by atoms with Gasteiger partial charge in [-0.15, -0.1) is 11.3 Å². The highest BCUT2D eigenvalue weighted by molar-refractivity contribution is 7.17. The van der Waals surface area contributed by atoms with E-state index in [1.807, 2.05) is 6.07 Å². The van der Waals surface area contributed by atoms with E-state index in [-0.39, 0.29) is 5.54 Å². The zero-order valence-electron chi connectivity index (χ0n) is 9.95. The summed E-state index contributed by atoms with van der Waals surface area (Å²) in [5.41, 5.74) is 1.11. The summed E-state index contributed by atoms with van der Waals surface area (Å²) in [6, 6.07) is 2.03. The summed E-state index contributed by atoms with van der Waals surface area (Å²) in [5, 5.41) is 5.56. The van der Waals surface area contributed by atoms with E-state index < -0.39 is 0 Å². The van der Waals surface area contributed by atoms with Gasteiger partial charge in [-0.1, -0.05) is 13.3 Å². The Balaban J connectivity index is 2.30. The molecule has 0 spiro atoms. The average molecular weight is 235 g/mol. The van der Waals surface area contributed by atoms with Crippen LogP contribution >= 0.6 is 11.3 Å². The van der Waals surface area contributed by atoms with E-state index in [0.29, 0.717) is 0 Å². The summed E-state index contributed by atoms with van der Waals surface area (Å²) < 4.78 is 1.15. The molecule has 0 bridgehead atoms. The molecule has 16 heavy (non-hydrogen) atoms. The summed E-state index contributed by atoms with van der Waals surface area (Å²) in [4.78, 5) is 8.57. The van der Waals surface area contributed by atoms with Crippen molar-refractivity contribution in [2.24, 2.45) is 0 Å². The van der Waals surface area contributed by atoms with Crippen LogP contribution in [0.3, 0.4) is 0 Å². The van der Waals surface area contributed by atoms with Crippen LogP contribution in [0.1, 0.15) is 33.6 Å². The molecule has 0 aromatic carbocycles. The van der Waals surface area contributed by atoms with Crippen molar-refractivity contribution < 1.29 is 0 Å². The van der Waals surface area contributed by atoms with E-state index >= 15 is 0 Å². The molecule has 3 nitrogen and oxygen atoms in total. The first-order valence-electron chi connectivity index (χ1n) is 5.59. The van der Waals surface area contributed by atoms with Crippen LogP contribution in [0.4, 0.5) is 5.82 Å². The van der Waals surface area contributed by atoms with Gasteiger partial charge < -0.3 is 5.32 Å². The number of fused-ring (bicyclic) bond motifs is 1. The average Bonchev–Trinajstić information content (AvgIpc) is 2.65. The number of nitrogens with one attached hydrogen (secondary N) is 1. The van der Waals surface area contributed by atoms with Gasteiger partial charge in [-0.2, -0.15) is 0 Å². The molecule has 0 saturated heterocycles. The lowest BCUT2D eigenvalue weighted by Crippen LogP contribution is -2.30. The number of aromatic nitrogens is 2. The van der Waals surface area contributed by atoms with Gasteiger partial charge in [-0.3, -0.25) is 0 Å². The third-order valence-corrected chi connectivity index (χ3v) is 3.49. The van der Waals surface area contributed by atoms with Crippen LogP contribution in [0.25, 0.3) is 10.2 Å². The Kier molecular flexibility index (Phi) is 3.10. The van der Waals surface area contributed by atoms with Crippen LogP contribution in [-0.4, -0.2) is 15.5 Å². The molecule has 0 aliphatic carbocycles. The summed E-state index contributed by atoms with van der Waals surface area (Å²) in [7, 11) is 0. The molecule has 0 radical (unpaired) electrons. The lowest BCUT2D eigenvalue weighted by molar-refractivity contribution is 0.509. The first kappa shape index (κ1) is 11.3. The zero-order valence-corrected chi connectivity index (χ0v) is 10.8. The minimum atomic E-state index is 0.0834. The van der Waals surface area contributed by atoms with Crippen molar-refractivity contribution in [1.82, 2.24) is 9.97 Å². The molecule has 2 heterocycles. The van der Waals surface area contributed by atoms with Gasteiger partial charge in [0.15, 0.2) is 0 Å². The molecule has 0 saturated carbocycles. The van der Waals surface area contributed by atoms with Gasteiger partial charge in [0.2, 0.25) is 0 Å². The Morgan fingerprint density at radius 1 is 1.38 bits per heavy atom. The lowest BCUT2D eigenvalue weighted by Gasteiger charge is -2.26. The van der Waals surface area contributed by atoms with Gasteiger partial charge in [0, 0.05) is 5.54 Å². The molecule has 4 heteroatoms. The molecular weight excluding hydrogens is 218 g/mol. The fraction of sp³-hybridized carbons (Fsp3) is 0.500. The number of hydrogen-bond acceptors (Lipinski definition) is 4. The monoisotopic (exact) mass is 235 g/mol. The maximum atomic E-state index is 4.33. The molecule has 2 rings (SSSR count). The topological polar surface area (TPSA) is 37.8 Å². The van der Waals surface area contributed by atoms with Crippen molar-refractivity contribution >= 4 is 27.4 Å². The molecule has 2 aromatic heterocycles. The summed E-state index contributed by atoms with van der Waals surface area (Å²) >= 11 is 1.69. The predicted octanol–water partition coefficient (Wildman–Crippen LogP) is 3.68. The lowest BCUT2D eigenvalue weighted by atomic mass is 9.99. The van der Waals surface area contributed by atoms with Gasteiger partial charge in [-0.05, 0) is 31.7 Å². The molecule has 2 aromatic rings. The fourth-order valence-corrected chi connectivity index (χ4v) is 2.68. The summed E-state index contributed by atoms with van der Waals surface area (Å²) in [6.45, 7) is 6.61. The number of rotatable bonds is 4. The molecule has 0 amide bonds. The van der Waals surface area contributed by atoms with Crippen molar-refractivity contribution in [3.05, 3.63) is 17.8 Å². The first-order chi connectivity index (χ1) is 7.62. The molecule has 0 aliphatic heterocycles. The molecule has 0 aliphatic rings. The van der Waals surface area contributed by atoms with Crippen molar-refractivity contribution in [1.29, 1.82) is 0 Å². The van der Waals surface area contributed by atoms with E-state index in [1.54, 1.807) is 17.7 Å². The third kappa shape index (κ3) is 2.32. The summed E-state index contributed by atoms with van der Waals surface area (Å²) in [5.74, 6) is 0.957. The number of thiophene rings is 1. The molecule has 0 atom stereocenters. The minimum Gasteiger partial charge on any atom is -0.364 e. The quantitative estimate of drug-likeness (QED) is 0.878. The molecule has 86 valence electrons. The largest absolute Gasteiger partial charge is 0.364 e. The van der Waals surface area contributed by atoms with E-state index in [2.05, 4.69) is 41.4 Å². The maximum absolute atomic E-state index is 4.33. The Morgan fingerprint density at radius 2 is 2.19 bits per heavy atom. The molecule has 0 unspecified atom stereocenters. The second-order valence-corrected chi connectivity index (χ2v) is 5.53. The zero-order chi connectivity index (χ0) is 11.6. The molecule has 1 N–H and O–H groups in total. The number of anilines is 1. The van der Waals surface area contributed by atoms with Crippen LogP contribution in [0, 0.1) is 0 Å². The van der Waals surface area contributed by atoms with Gasteiger partial charge in [0.1, 0.15) is 12.1 Å². The van der Waals surface area contributed by atoms with E-state index in [1.165, 1.54) is 6.42 Å². The van der Waals surface area contributed by atoms with E-state index in [4.69, 9.17) is 0 Å². The standard InChI is InChI=1S/C12H17N3S/c1-4-6-12(2,3)15-11-10-9(5-7-16-10)13-8-14-11/h5,7-8H,4,6H2,1-3H3,(H,13,14,15). The van der Waals surface area contributed by atoms with Crippen LogP contribution < -0.4 is 5.32 Å². The van der Waals surface area contributed by atoms with Gasteiger partial charge in [-0.25, -0.2) is 9.97 Å². The van der Waals surface area contributed by atoms with Gasteiger partial charge in [0.25, 0.3) is 0 Å². The van der Waals surface area contributed by atoms with Crippen LogP contribution in [0.5, 0.6) is 0 Å². The van der Waals surface area contributed by atoms with Crippen molar-refractivity contribution in [3.63, 3.8) is 0 Å². The fourth-order valence-electron chi connectivity index (χ4n) is 1.89. The first-order valence-corrected chi connectivity index (χ1v) is 6.47. The second kappa shape index (κ2) is 4.37. The molecular formula is C12H17N3S. The Morgan fingerprint density at radius 3 is 2.94 bits per heavy atom. The van der Waals surface area contributed by atoms with Crippen molar-refractivity contribution in [2.75, 3.05) is 5.32 Å². The predicted molar refractivity (Wildman–Crippen MR) is 70.0 cm³/mol. The van der Waals surface area contributed by atoms with Crippen LogP contribution in [-0.2, 0) is 0 Å².